The molecule has 0 radical (unpaired) electrons. The van der Waals surface area contributed by atoms with Gasteiger partial charge in [-0.1, -0.05) is 12.1 Å². The Balaban J connectivity index is 1.94. The monoisotopic (exact) mass is 317 g/mol. The molecule has 1 aromatic heterocycles. The van der Waals surface area contributed by atoms with Gasteiger partial charge in [-0.25, -0.2) is 5.43 Å². The Hall–Kier alpha value is -3.23. The number of ether oxygens (including phenoxy) is 1. The zero-order chi connectivity index (χ0) is 16.8. The summed E-state index contributed by atoms with van der Waals surface area (Å²) in [5, 5.41) is 18.2. The van der Waals surface area contributed by atoms with E-state index in [2.05, 4.69) is 15.6 Å². The molecule has 1 heterocycles. The van der Waals surface area contributed by atoms with Crippen molar-refractivity contribution >= 4 is 17.9 Å². The highest BCUT2D eigenvalue weighted by Gasteiger charge is 2.17. The highest BCUT2D eigenvalue weighted by molar-refractivity contribution is 5.82. The molecule has 1 amide bonds. The molecule has 0 unspecified atom stereocenters. The molecule has 0 saturated heterocycles. The van der Waals surface area contributed by atoms with E-state index in [1.165, 1.54) is 17.0 Å². The predicted octanol–water partition coefficient (Wildman–Crippen LogP) is 1.26. The quantitative estimate of drug-likeness (QED) is 0.489. The van der Waals surface area contributed by atoms with Crippen LogP contribution in [0.3, 0.4) is 0 Å². The second-order valence-electron chi connectivity index (χ2n) is 4.63. The Morgan fingerprint density at radius 3 is 2.96 bits per heavy atom. The number of rotatable bonds is 6. The number of aryl methyl sites for hydroxylation is 1. The standard InChI is InChI=1S/C14H15N5O4/c1-10-6-13(19(21)22)17-18(10)9-14(20)16-15-8-11-4-3-5-12(7-11)23-2/h3-8H,9H2,1-2H3,(H,16,20)/b15-8-. The Bertz CT molecular complexity index is 753. The summed E-state index contributed by atoms with van der Waals surface area (Å²) in [6.07, 6.45) is 1.47. The van der Waals surface area contributed by atoms with Crippen LogP contribution in [0.2, 0.25) is 0 Å². The van der Waals surface area contributed by atoms with Crippen molar-refractivity contribution in [2.75, 3.05) is 7.11 Å². The minimum Gasteiger partial charge on any atom is -0.497 e. The first-order valence-electron chi connectivity index (χ1n) is 6.64. The van der Waals surface area contributed by atoms with Gasteiger partial charge in [-0.3, -0.25) is 4.79 Å². The van der Waals surface area contributed by atoms with Gasteiger partial charge in [0, 0.05) is 0 Å². The number of methoxy groups -OCH3 is 1. The van der Waals surface area contributed by atoms with Crippen LogP contribution >= 0.6 is 0 Å². The van der Waals surface area contributed by atoms with Crippen LogP contribution in [0.25, 0.3) is 0 Å². The molecule has 0 aliphatic heterocycles. The number of amides is 1. The molecule has 0 spiro atoms. The van der Waals surface area contributed by atoms with Gasteiger partial charge in [0.25, 0.3) is 5.91 Å². The van der Waals surface area contributed by atoms with E-state index >= 15 is 0 Å². The zero-order valence-electron chi connectivity index (χ0n) is 12.6. The minimum atomic E-state index is -0.609. The maximum atomic E-state index is 11.8. The van der Waals surface area contributed by atoms with Crippen LogP contribution in [-0.4, -0.2) is 33.9 Å². The predicted molar refractivity (Wildman–Crippen MR) is 82.3 cm³/mol. The number of carbonyl (C=O) groups is 1. The average Bonchev–Trinajstić information content (AvgIpc) is 2.89. The molecule has 2 rings (SSSR count). The van der Waals surface area contributed by atoms with E-state index in [0.717, 1.165) is 5.56 Å². The second-order valence-corrected chi connectivity index (χ2v) is 4.63. The van der Waals surface area contributed by atoms with Gasteiger partial charge in [0.2, 0.25) is 0 Å². The molecule has 0 atom stereocenters. The molecule has 9 heteroatoms. The molecule has 1 aromatic carbocycles. The molecule has 0 aliphatic carbocycles. The van der Waals surface area contributed by atoms with E-state index in [4.69, 9.17) is 4.74 Å². The van der Waals surface area contributed by atoms with E-state index in [-0.39, 0.29) is 12.4 Å². The first kappa shape index (κ1) is 16.1. The van der Waals surface area contributed by atoms with Crippen LogP contribution in [0, 0.1) is 17.0 Å². The number of nitrogens with zero attached hydrogens (tertiary/aromatic N) is 4. The third kappa shape index (κ3) is 4.37. The van der Waals surface area contributed by atoms with Crippen molar-refractivity contribution in [1.29, 1.82) is 0 Å². The van der Waals surface area contributed by atoms with Crippen molar-refractivity contribution in [3.8, 4) is 5.75 Å². The molecular formula is C14H15N5O4. The number of hydrogen-bond acceptors (Lipinski definition) is 6. The number of nitro groups is 1. The maximum Gasteiger partial charge on any atom is 0.390 e. The molecule has 0 bridgehead atoms. The summed E-state index contributed by atoms with van der Waals surface area (Å²) in [7, 11) is 1.56. The van der Waals surface area contributed by atoms with E-state index in [9.17, 15) is 14.9 Å². The first-order chi connectivity index (χ1) is 11.0. The van der Waals surface area contributed by atoms with E-state index in [1.54, 1.807) is 38.3 Å². The van der Waals surface area contributed by atoms with Crippen molar-refractivity contribution in [2.45, 2.75) is 13.5 Å². The summed E-state index contributed by atoms with van der Waals surface area (Å²) < 4.78 is 6.33. The molecule has 0 aliphatic rings. The number of hydrazone groups is 1. The summed E-state index contributed by atoms with van der Waals surface area (Å²) in [4.78, 5) is 21.8. The highest BCUT2D eigenvalue weighted by Crippen LogP contribution is 2.11. The van der Waals surface area contributed by atoms with Crippen LogP contribution in [0.15, 0.2) is 35.4 Å². The van der Waals surface area contributed by atoms with Gasteiger partial charge >= 0.3 is 5.82 Å². The molecule has 1 N–H and O–H groups in total. The summed E-state index contributed by atoms with van der Waals surface area (Å²) in [5.74, 6) is -0.0554. The summed E-state index contributed by atoms with van der Waals surface area (Å²) in [5.41, 5.74) is 3.62. The van der Waals surface area contributed by atoms with Gasteiger partial charge in [0.05, 0.1) is 30.2 Å². The fourth-order valence-electron chi connectivity index (χ4n) is 1.81. The fraction of sp³-hybridized carbons (Fsp3) is 0.214. The Morgan fingerprint density at radius 1 is 1.52 bits per heavy atom. The van der Waals surface area contributed by atoms with Gasteiger partial charge in [-0.2, -0.15) is 9.78 Å². The number of benzene rings is 1. The third-order valence-electron chi connectivity index (χ3n) is 2.95. The molecule has 0 saturated carbocycles. The zero-order valence-corrected chi connectivity index (χ0v) is 12.6. The SMILES string of the molecule is COc1cccc(/C=N\NC(=O)Cn2nc([N+](=O)[O-])cc2C)c1. The summed E-state index contributed by atoms with van der Waals surface area (Å²) in [6, 6.07) is 8.46. The minimum absolute atomic E-state index is 0.158. The topological polar surface area (TPSA) is 112 Å². The lowest BCUT2D eigenvalue weighted by atomic mass is 10.2. The summed E-state index contributed by atoms with van der Waals surface area (Å²) >= 11 is 0. The van der Waals surface area contributed by atoms with Gasteiger partial charge in [-0.15, -0.1) is 0 Å². The average molecular weight is 317 g/mol. The van der Waals surface area contributed by atoms with Gasteiger partial charge in [0.1, 0.15) is 12.3 Å². The molecular weight excluding hydrogens is 302 g/mol. The van der Waals surface area contributed by atoms with E-state index in [0.29, 0.717) is 11.4 Å². The number of nitrogens with one attached hydrogen (secondary N) is 1. The maximum absolute atomic E-state index is 11.8. The van der Waals surface area contributed by atoms with Gasteiger partial charge in [0.15, 0.2) is 0 Å². The largest absolute Gasteiger partial charge is 0.497 e. The summed E-state index contributed by atoms with van der Waals surface area (Å²) in [6.45, 7) is 1.47. The van der Waals surface area contributed by atoms with Crippen molar-refractivity contribution in [3.05, 3.63) is 51.7 Å². The van der Waals surface area contributed by atoms with Crippen LogP contribution in [-0.2, 0) is 11.3 Å². The van der Waals surface area contributed by atoms with Crippen LogP contribution < -0.4 is 10.2 Å². The van der Waals surface area contributed by atoms with Gasteiger partial charge < -0.3 is 14.9 Å². The number of hydrogen-bond donors (Lipinski definition) is 1. The molecule has 0 fully saturated rings. The lowest BCUT2D eigenvalue weighted by Gasteiger charge is -2.01. The van der Waals surface area contributed by atoms with Crippen molar-refractivity contribution in [2.24, 2.45) is 5.10 Å². The fourth-order valence-corrected chi connectivity index (χ4v) is 1.81. The second kappa shape index (κ2) is 7.16. The van der Waals surface area contributed by atoms with Crippen LogP contribution in [0.5, 0.6) is 5.75 Å². The van der Waals surface area contributed by atoms with Crippen LogP contribution in [0.4, 0.5) is 5.82 Å². The Kier molecular flexibility index (Phi) is 5.03. The number of aromatic nitrogens is 2. The third-order valence-corrected chi connectivity index (χ3v) is 2.95. The lowest BCUT2D eigenvalue weighted by Crippen LogP contribution is -2.24. The number of carbonyl (C=O) groups excluding carboxylic acids is 1. The first-order valence-corrected chi connectivity index (χ1v) is 6.64. The lowest BCUT2D eigenvalue weighted by molar-refractivity contribution is -0.389. The molecule has 23 heavy (non-hydrogen) atoms. The van der Waals surface area contributed by atoms with E-state index < -0.39 is 10.8 Å². The highest BCUT2D eigenvalue weighted by atomic mass is 16.6. The molecule has 9 nitrogen and oxygen atoms in total. The molecule has 2 aromatic rings. The smallest absolute Gasteiger partial charge is 0.390 e. The normalized spacial score (nSPS) is 10.7. The molecule has 120 valence electrons. The van der Waals surface area contributed by atoms with Crippen molar-refractivity contribution < 1.29 is 14.5 Å². The van der Waals surface area contributed by atoms with E-state index in [1.807, 2.05) is 0 Å². The van der Waals surface area contributed by atoms with Gasteiger partial charge in [-0.05, 0) is 29.5 Å². The Morgan fingerprint density at radius 2 is 2.30 bits per heavy atom. The Labute approximate surface area is 131 Å². The van der Waals surface area contributed by atoms with Crippen LogP contribution in [0.1, 0.15) is 11.3 Å². The van der Waals surface area contributed by atoms with Crippen molar-refractivity contribution in [1.82, 2.24) is 15.2 Å². The van der Waals surface area contributed by atoms with Crippen molar-refractivity contribution in [3.63, 3.8) is 0 Å².